The number of hydrogen-bond acceptors (Lipinski definition) is 3. The molecule has 2 aromatic carbocycles. The van der Waals surface area contributed by atoms with Crippen LogP contribution in [0.3, 0.4) is 0 Å². The van der Waals surface area contributed by atoms with Crippen LogP contribution in [-0.4, -0.2) is 13.7 Å². The lowest BCUT2D eigenvalue weighted by molar-refractivity contribution is 0.296. The van der Waals surface area contributed by atoms with Crippen molar-refractivity contribution in [1.82, 2.24) is 0 Å². The van der Waals surface area contributed by atoms with Gasteiger partial charge in [0.25, 0.3) is 0 Å². The van der Waals surface area contributed by atoms with E-state index in [1.807, 2.05) is 24.3 Å². The minimum absolute atomic E-state index is 0.489. The van der Waals surface area contributed by atoms with Gasteiger partial charge in [0.2, 0.25) is 0 Å². The molecule has 118 valence electrons. The SMILES string of the molecule is COc1ccc(CCN)cc1COc1ccc(C(C)C)cc1. The first kappa shape index (κ1) is 16.4. The Hall–Kier alpha value is -2.00. The highest BCUT2D eigenvalue weighted by molar-refractivity contribution is 5.38. The van der Waals surface area contributed by atoms with Gasteiger partial charge in [-0.1, -0.05) is 32.0 Å². The van der Waals surface area contributed by atoms with E-state index in [0.717, 1.165) is 23.5 Å². The number of benzene rings is 2. The molecular weight excluding hydrogens is 274 g/mol. The first-order valence-electron chi connectivity index (χ1n) is 7.72. The van der Waals surface area contributed by atoms with Gasteiger partial charge in [-0.25, -0.2) is 0 Å². The third-order valence-corrected chi connectivity index (χ3v) is 3.72. The van der Waals surface area contributed by atoms with Crippen LogP contribution in [0.4, 0.5) is 0 Å². The average Bonchev–Trinajstić information content (AvgIpc) is 2.54. The topological polar surface area (TPSA) is 44.5 Å². The molecule has 0 aromatic heterocycles. The predicted octanol–water partition coefficient (Wildman–Crippen LogP) is 3.90. The van der Waals surface area contributed by atoms with Crippen molar-refractivity contribution in [1.29, 1.82) is 0 Å². The third kappa shape index (κ3) is 4.25. The van der Waals surface area contributed by atoms with E-state index in [0.29, 0.717) is 19.1 Å². The molecule has 0 fully saturated rings. The summed E-state index contributed by atoms with van der Waals surface area (Å²) in [6, 6.07) is 14.4. The second-order valence-electron chi connectivity index (χ2n) is 5.70. The maximum atomic E-state index is 5.89. The van der Waals surface area contributed by atoms with Crippen molar-refractivity contribution in [3.63, 3.8) is 0 Å². The van der Waals surface area contributed by atoms with Gasteiger partial charge in [-0.05, 0) is 54.3 Å². The summed E-state index contributed by atoms with van der Waals surface area (Å²) in [6.07, 6.45) is 0.861. The summed E-state index contributed by atoms with van der Waals surface area (Å²) in [7, 11) is 1.68. The van der Waals surface area contributed by atoms with E-state index in [2.05, 4.69) is 32.0 Å². The van der Waals surface area contributed by atoms with E-state index < -0.39 is 0 Å². The summed E-state index contributed by atoms with van der Waals surface area (Å²) in [6.45, 7) is 5.50. The second-order valence-corrected chi connectivity index (χ2v) is 5.70. The number of nitrogens with two attached hydrogens (primary N) is 1. The van der Waals surface area contributed by atoms with Crippen LogP contribution in [-0.2, 0) is 13.0 Å². The summed E-state index contributed by atoms with van der Waals surface area (Å²) in [4.78, 5) is 0. The molecule has 3 heteroatoms. The molecule has 0 unspecified atom stereocenters. The van der Waals surface area contributed by atoms with Crippen molar-refractivity contribution >= 4 is 0 Å². The Kier molecular flexibility index (Phi) is 5.84. The molecule has 22 heavy (non-hydrogen) atoms. The fourth-order valence-electron chi connectivity index (χ4n) is 2.38. The molecule has 0 bridgehead atoms. The summed E-state index contributed by atoms with van der Waals surface area (Å²) in [5.74, 6) is 2.25. The van der Waals surface area contributed by atoms with Gasteiger partial charge >= 0.3 is 0 Å². The Morgan fingerprint density at radius 2 is 1.77 bits per heavy atom. The van der Waals surface area contributed by atoms with Crippen molar-refractivity contribution in [2.45, 2.75) is 32.8 Å². The minimum atomic E-state index is 0.489. The molecule has 0 atom stereocenters. The highest BCUT2D eigenvalue weighted by Crippen LogP contribution is 2.23. The zero-order chi connectivity index (χ0) is 15.9. The maximum Gasteiger partial charge on any atom is 0.125 e. The van der Waals surface area contributed by atoms with Crippen molar-refractivity contribution in [2.75, 3.05) is 13.7 Å². The quantitative estimate of drug-likeness (QED) is 0.843. The van der Waals surface area contributed by atoms with Crippen molar-refractivity contribution < 1.29 is 9.47 Å². The van der Waals surface area contributed by atoms with Crippen molar-refractivity contribution in [3.8, 4) is 11.5 Å². The highest BCUT2D eigenvalue weighted by atomic mass is 16.5. The van der Waals surface area contributed by atoms with Crippen LogP contribution >= 0.6 is 0 Å². The van der Waals surface area contributed by atoms with E-state index in [1.165, 1.54) is 11.1 Å². The monoisotopic (exact) mass is 299 g/mol. The van der Waals surface area contributed by atoms with E-state index in [4.69, 9.17) is 15.2 Å². The molecular formula is C19H25NO2. The Morgan fingerprint density at radius 1 is 1.05 bits per heavy atom. The fourth-order valence-corrected chi connectivity index (χ4v) is 2.38. The molecule has 2 N–H and O–H groups in total. The minimum Gasteiger partial charge on any atom is -0.496 e. The van der Waals surface area contributed by atoms with Crippen molar-refractivity contribution in [2.24, 2.45) is 5.73 Å². The number of rotatable bonds is 7. The fraction of sp³-hybridized carbons (Fsp3) is 0.368. The Labute approximate surface area is 133 Å². The molecule has 0 heterocycles. The molecule has 0 saturated carbocycles. The zero-order valence-corrected chi connectivity index (χ0v) is 13.6. The maximum absolute atomic E-state index is 5.89. The molecule has 0 saturated heterocycles. The highest BCUT2D eigenvalue weighted by Gasteiger charge is 2.06. The van der Waals surface area contributed by atoms with Crippen molar-refractivity contribution in [3.05, 3.63) is 59.2 Å². The van der Waals surface area contributed by atoms with Crippen LogP contribution in [0.15, 0.2) is 42.5 Å². The Balaban J connectivity index is 2.07. The molecule has 0 amide bonds. The van der Waals surface area contributed by atoms with E-state index in [-0.39, 0.29) is 0 Å². The molecule has 0 radical (unpaired) electrons. The Morgan fingerprint density at radius 3 is 2.36 bits per heavy atom. The normalized spacial score (nSPS) is 10.8. The molecule has 2 rings (SSSR count). The Bertz CT molecular complexity index is 591. The van der Waals surface area contributed by atoms with Gasteiger partial charge in [0, 0.05) is 5.56 Å². The van der Waals surface area contributed by atoms with Crippen LogP contribution in [0.1, 0.15) is 36.5 Å². The average molecular weight is 299 g/mol. The lowest BCUT2D eigenvalue weighted by Crippen LogP contribution is -2.05. The van der Waals surface area contributed by atoms with Crippen LogP contribution in [0.2, 0.25) is 0 Å². The molecule has 0 aliphatic heterocycles. The van der Waals surface area contributed by atoms with Crippen LogP contribution in [0.5, 0.6) is 11.5 Å². The predicted molar refractivity (Wildman–Crippen MR) is 90.6 cm³/mol. The van der Waals surface area contributed by atoms with Gasteiger partial charge in [-0.15, -0.1) is 0 Å². The lowest BCUT2D eigenvalue weighted by Gasteiger charge is -2.13. The van der Waals surface area contributed by atoms with Gasteiger partial charge < -0.3 is 15.2 Å². The summed E-state index contributed by atoms with van der Waals surface area (Å²) in [5.41, 5.74) is 9.19. The largest absolute Gasteiger partial charge is 0.496 e. The number of ether oxygens (including phenoxy) is 2. The summed E-state index contributed by atoms with van der Waals surface area (Å²) in [5, 5.41) is 0. The van der Waals surface area contributed by atoms with E-state index in [1.54, 1.807) is 7.11 Å². The molecule has 0 aliphatic carbocycles. The molecule has 2 aromatic rings. The first-order valence-corrected chi connectivity index (χ1v) is 7.72. The smallest absolute Gasteiger partial charge is 0.125 e. The van der Waals surface area contributed by atoms with E-state index >= 15 is 0 Å². The number of hydrogen-bond donors (Lipinski definition) is 1. The molecule has 0 spiro atoms. The van der Waals surface area contributed by atoms with E-state index in [9.17, 15) is 0 Å². The molecule has 3 nitrogen and oxygen atoms in total. The van der Waals surface area contributed by atoms with Gasteiger partial charge in [-0.3, -0.25) is 0 Å². The van der Waals surface area contributed by atoms with Gasteiger partial charge in [0.15, 0.2) is 0 Å². The van der Waals surface area contributed by atoms with Gasteiger partial charge in [0.05, 0.1) is 7.11 Å². The standard InChI is InChI=1S/C19H25NO2/c1-14(2)16-5-7-18(8-6-16)22-13-17-12-15(10-11-20)4-9-19(17)21-3/h4-9,12,14H,10-11,13,20H2,1-3H3. The lowest BCUT2D eigenvalue weighted by atomic mass is 10.0. The van der Waals surface area contributed by atoms with Gasteiger partial charge in [0.1, 0.15) is 18.1 Å². The summed E-state index contributed by atoms with van der Waals surface area (Å²) >= 11 is 0. The van der Waals surface area contributed by atoms with Crippen LogP contribution < -0.4 is 15.2 Å². The van der Waals surface area contributed by atoms with Crippen LogP contribution in [0, 0.1) is 0 Å². The zero-order valence-electron chi connectivity index (χ0n) is 13.6. The molecule has 0 aliphatic rings. The second kappa shape index (κ2) is 7.85. The third-order valence-electron chi connectivity index (χ3n) is 3.72. The summed E-state index contributed by atoms with van der Waals surface area (Å²) < 4.78 is 11.3. The van der Waals surface area contributed by atoms with Crippen LogP contribution in [0.25, 0.3) is 0 Å². The van der Waals surface area contributed by atoms with Gasteiger partial charge in [-0.2, -0.15) is 0 Å². The first-order chi connectivity index (χ1) is 10.6. The number of methoxy groups -OCH3 is 1.